The first-order valence-corrected chi connectivity index (χ1v) is 8.59. The molecule has 1 fully saturated rings. The van der Waals surface area contributed by atoms with Gasteiger partial charge in [0, 0.05) is 12.3 Å². The molecule has 11 nitrogen and oxygen atoms in total. The van der Waals surface area contributed by atoms with Gasteiger partial charge in [-0.25, -0.2) is 9.36 Å². The smallest absolute Gasteiger partial charge is 0.469 e. The molecule has 2 rings (SSSR count). The van der Waals surface area contributed by atoms with Crippen molar-refractivity contribution in [1.29, 1.82) is 0 Å². The molecule has 4 N–H and O–H groups in total. The van der Waals surface area contributed by atoms with Crippen molar-refractivity contribution >= 4 is 7.82 Å². The zero-order chi connectivity index (χ0) is 18.1. The lowest BCUT2D eigenvalue weighted by Crippen LogP contribution is -2.36. The van der Waals surface area contributed by atoms with Crippen molar-refractivity contribution in [3.8, 4) is 5.88 Å². The van der Waals surface area contributed by atoms with Crippen molar-refractivity contribution in [2.75, 3.05) is 6.61 Å². The van der Waals surface area contributed by atoms with Gasteiger partial charge >= 0.3 is 13.5 Å². The molecule has 2 heterocycles. The van der Waals surface area contributed by atoms with E-state index in [2.05, 4.69) is 9.51 Å². The number of aliphatic hydroxyl groups is 2. The summed E-state index contributed by atoms with van der Waals surface area (Å²) in [6, 6.07) is 1.39. The van der Waals surface area contributed by atoms with Crippen molar-refractivity contribution in [3.05, 3.63) is 22.7 Å². The molecule has 0 radical (unpaired) electrons. The fourth-order valence-corrected chi connectivity index (χ4v) is 2.51. The molecule has 0 aromatic carbocycles. The first-order valence-electron chi connectivity index (χ1n) is 7.06. The second-order valence-corrected chi connectivity index (χ2v) is 6.69. The highest BCUT2D eigenvalue weighted by atomic mass is 31.2. The molecule has 1 saturated heterocycles. The first-order chi connectivity index (χ1) is 11.1. The summed E-state index contributed by atoms with van der Waals surface area (Å²) in [6.07, 6.45) is -4.42. The van der Waals surface area contributed by atoms with E-state index in [9.17, 15) is 19.6 Å². The van der Waals surface area contributed by atoms with Gasteiger partial charge in [0.1, 0.15) is 18.3 Å². The second-order valence-electron chi connectivity index (χ2n) is 5.45. The van der Waals surface area contributed by atoms with Crippen LogP contribution in [-0.2, 0) is 13.8 Å². The van der Waals surface area contributed by atoms with Gasteiger partial charge in [0.2, 0.25) is 5.88 Å². The van der Waals surface area contributed by atoms with E-state index in [0.29, 0.717) is 0 Å². The highest BCUT2D eigenvalue weighted by molar-refractivity contribution is 7.46. The number of phosphoric acid groups is 1. The SMILES string of the molecule is CC(C)Oc1ccn([C@@H]2O[C@H](COP(=O)(O)O)[C@@H](O)[C@H]2O)c(=O)n1. The predicted molar refractivity (Wildman–Crippen MR) is 78.2 cm³/mol. The molecule has 24 heavy (non-hydrogen) atoms. The van der Waals surface area contributed by atoms with Crippen LogP contribution in [0, 0.1) is 0 Å². The first kappa shape index (κ1) is 19.0. The summed E-state index contributed by atoms with van der Waals surface area (Å²) in [5.74, 6) is 0.0978. The van der Waals surface area contributed by atoms with E-state index in [-0.39, 0.29) is 12.0 Å². The molecule has 12 heteroatoms. The van der Waals surface area contributed by atoms with Crippen molar-refractivity contribution in [2.45, 2.75) is 44.5 Å². The zero-order valence-corrected chi connectivity index (χ0v) is 13.8. The van der Waals surface area contributed by atoms with Crippen molar-refractivity contribution in [3.63, 3.8) is 0 Å². The van der Waals surface area contributed by atoms with Crippen molar-refractivity contribution in [1.82, 2.24) is 9.55 Å². The quantitative estimate of drug-likeness (QED) is 0.448. The number of phosphoric ester groups is 1. The van der Waals surface area contributed by atoms with Crippen molar-refractivity contribution < 1.29 is 38.6 Å². The largest absolute Gasteiger partial charge is 0.475 e. The maximum Gasteiger partial charge on any atom is 0.469 e. The minimum absolute atomic E-state index is 0.0978. The van der Waals surface area contributed by atoms with E-state index < -0.39 is 44.7 Å². The van der Waals surface area contributed by atoms with Gasteiger partial charge in [0.05, 0.1) is 12.7 Å². The third-order valence-corrected chi connectivity index (χ3v) is 3.66. The molecule has 0 spiro atoms. The number of ether oxygens (including phenoxy) is 2. The van der Waals surface area contributed by atoms with Crippen LogP contribution >= 0.6 is 7.82 Å². The standard InChI is InChI=1S/C12H19N2O9P/c1-6(2)22-8-3-4-14(12(17)13-8)11-10(16)9(15)7(23-11)5-21-24(18,19)20/h3-4,6-7,9-11,15-16H,5H2,1-2H3,(H2,18,19,20)/t7-,9-,10-,11-/m1/s1. The number of aromatic nitrogens is 2. The third kappa shape index (κ3) is 4.61. The van der Waals surface area contributed by atoms with E-state index in [1.165, 1.54) is 12.3 Å². The van der Waals surface area contributed by atoms with Crippen molar-refractivity contribution in [2.24, 2.45) is 0 Å². The Morgan fingerprint density at radius 2 is 2.04 bits per heavy atom. The number of hydrogen-bond acceptors (Lipinski definition) is 8. The summed E-state index contributed by atoms with van der Waals surface area (Å²) in [7, 11) is -4.76. The second kappa shape index (κ2) is 7.28. The van der Waals surface area contributed by atoms with Crippen LogP contribution in [-0.4, -0.2) is 60.6 Å². The van der Waals surface area contributed by atoms with E-state index in [1.807, 2.05) is 0 Å². The molecule has 136 valence electrons. The Morgan fingerprint density at radius 1 is 1.38 bits per heavy atom. The number of hydrogen-bond donors (Lipinski definition) is 4. The van der Waals surface area contributed by atoms with E-state index in [1.54, 1.807) is 13.8 Å². The van der Waals surface area contributed by atoms with E-state index in [4.69, 9.17) is 19.3 Å². The Bertz CT molecular complexity index is 673. The molecule has 0 amide bonds. The van der Waals surface area contributed by atoms with Crippen LogP contribution in [0.3, 0.4) is 0 Å². The van der Waals surface area contributed by atoms with Crippen LogP contribution in [0.2, 0.25) is 0 Å². The minimum atomic E-state index is -4.76. The summed E-state index contributed by atoms with van der Waals surface area (Å²) in [4.78, 5) is 33.1. The average molecular weight is 366 g/mol. The number of nitrogens with zero attached hydrogens (tertiary/aromatic N) is 2. The molecule has 0 aliphatic carbocycles. The molecule has 0 saturated carbocycles. The molecule has 1 aliphatic heterocycles. The van der Waals surface area contributed by atoms with Gasteiger partial charge in [-0.3, -0.25) is 9.09 Å². The van der Waals surface area contributed by atoms with Crippen LogP contribution in [0.4, 0.5) is 0 Å². The summed E-state index contributed by atoms with van der Waals surface area (Å²) in [5, 5.41) is 19.9. The molecule has 0 bridgehead atoms. The third-order valence-electron chi connectivity index (χ3n) is 3.18. The number of rotatable bonds is 6. The highest BCUT2D eigenvalue weighted by Gasteiger charge is 2.45. The van der Waals surface area contributed by atoms with Crippen LogP contribution in [0.5, 0.6) is 5.88 Å². The Kier molecular flexibility index (Phi) is 5.76. The zero-order valence-electron chi connectivity index (χ0n) is 12.9. The maximum atomic E-state index is 12.0. The molecular weight excluding hydrogens is 347 g/mol. The Labute approximate surface area is 136 Å². The van der Waals surface area contributed by atoms with Gasteiger partial charge in [-0.1, -0.05) is 0 Å². The normalized spacial score (nSPS) is 27.6. The topological polar surface area (TPSA) is 161 Å². The lowest BCUT2D eigenvalue weighted by atomic mass is 10.1. The van der Waals surface area contributed by atoms with Crippen LogP contribution < -0.4 is 10.4 Å². The summed E-state index contributed by atoms with van der Waals surface area (Å²) >= 11 is 0. The van der Waals surface area contributed by atoms with Crippen LogP contribution in [0.15, 0.2) is 17.1 Å². The fraction of sp³-hybridized carbons (Fsp3) is 0.667. The predicted octanol–water partition coefficient (Wildman–Crippen LogP) is -1.24. The fourth-order valence-electron chi connectivity index (χ4n) is 2.17. The van der Waals surface area contributed by atoms with Crippen LogP contribution in [0.25, 0.3) is 0 Å². The molecule has 0 unspecified atom stereocenters. The highest BCUT2D eigenvalue weighted by Crippen LogP contribution is 2.38. The van der Waals surface area contributed by atoms with Gasteiger partial charge in [0.15, 0.2) is 6.23 Å². The Morgan fingerprint density at radius 3 is 2.58 bits per heavy atom. The average Bonchev–Trinajstić information content (AvgIpc) is 2.72. The molecule has 1 aromatic heterocycles. The Hall–Kier alpha value is -1.33. The summed E-state index contributed by atoms with van der Waals surface area (Å²) < 4.78 is 26.5. The van der Waals surface area contributed by atoms with Gasteiger partial charge in [-0.15, -0.1) is 0 Å². The molecular formula is C12H19N2O9P. The lowest BCUT2D eigenvalue weighted by molar-refractivity contribution is -0.0544. The van der Waals surface area contributed by atoms with Gasteiger partial charge in [-0.2, -0.15) is 4.98 Å². The summed E-state index contributed by atoms with van der Waals surface area (Å²) in [5.41, 5.74) is -0.777. The molecule has 4 atom stereocenters. The van der Waals surface area contributed by atoms with Gasteiger partial charge in [-0.05, 0) is 13.8 Å². The van der Waals surface area contributed by atoms with E-state index in [0.717, 1.165) is 4.57 Å². The summed E-state index contributed by atoms with van der Waals surface area (Å²) in [6.45, 7) is 2.87. The molecule has 1 aromatic rings. The lowest BCUT2D eigenvalue weighted by Gasteiger charge is -2.17. The van der Waals surface area contributed by atoms with Gasteiger partial charge < -0.3 is 29.5 Å². The van der Waals surface area contributed by atoms with Gasteiger partial charge in [0.25, 0.3) is 0 Å². The molecule has 1 aliphatic rings. The maximum absolute atomic E-state index is 12.0. The monoisotopic (exact) mass is 366 g/mol. The van der Waals surface area contributed by atoms with E-state index >= 15 is 0 Å². The Balaban J connectivity index is 2.14. The number of aliphatic hydroxyl groups excluding tert-OH is 2. The minimum Gasteiger partial charge on any atom is -0.475 e. The van der Waals surface area contributed by atoms with Crippen LogP contribution in [0.1, 0.15) is 20.1 Å².